The molecular weight excluding hydrogens is 266 g/mol. The van der Waals surface area contributed by atoms with Gasteiger partial charge in [-0.1, -0.05) is 18.2 Å². The maximum absolute atomic E-state index is 12.8. The second-order valence-electron chi connectivity index (χ2n) is 5.07. The van der Waals surface area contributed by atoms with Gasteiger partial charge in [0.05, 0.1) is 7.11 Å². The van der Waals surface area contributed by atoms with E-state index in [9.17, 15) is 4.79 Å². The molecule has 1 amide bonds. The first-order chi connectivity index (χ1) is 10.1. The smallest absolute Gasteiger partial charge is 0.261 e. The van der Waals surface area contributed by atoms with Crippen LogP contribution in [-0.2, 0) is 10.5 Å². The van der Waals surface area contributed by atoms with Gasteiger partial charge in [0, 0.05) is 23.9 Å². The van der Waals surface area contributed by atoms with Gasteiger partial charge in [0.1, 0.15) is 5.75 Å². The van der Waals surface area contributed by atoms with Crippen molar-refractivity contribution in [3.8, 4) is 5.75 Å². The van der Waals surface area contributed by atoms with E-state index in [0.717, 1.165) is 11.3 Å². The van der Waals surface area contributed by atoms with E-state index in [0.29, 0.717) is 11.3 Å². The van der Waals surface area contributed by atoms with Gasteiger partial charge in [0.2, 0.25) is 0 Å². The number of carbonyl (C=O) groups is 1. The molecule has 4 heteroatoms. The number of nitrogens with zero attached hydrogens (tertiary/aromatic N) is 1. The van der Waals surface area contributed by atoms with E-state index in [-0.39, 0.29) is 5.91 Å². The van der Waals surface area contributed by atoms with Gasteiger partial charge in [0.15, 0.2) is 5.72 Å². The number of fused-ring (bicyclic) bond motifs is 1. The Hall–Kier alpha value is -2.33. The van der Waals surface area contributed by atoms with Crippen molar-refractivity contribution in [2.24, 2.45) is 0 Å². The Labute approximate surface area is 123 Å². The van der Waals surface area contributed by atoms with Crippen LogP contribution in [0.2, 0.25) is 0 Å². The van der Waals surface area contributed by atoms with Gasteiger partial charge in [-0.25, -0.2) is 0 Å². The van der Waals surface area contributed by atoms with Crippen molar-refractivity contribution in [3.05, 3.63) is 59.7 Å². The first-order valence-corrected chi connectivity index (χ1v) is 6.75. The van der Waals surface area contributed by atoms with Crippen LogP contribution in [0, 0.1) is 0 Å². The minimum absolute atomic E-state index is 0.0665. The summed E-state index contributed by atoms with van der Waals surface area (Å²) in [5.74, 6) is 0.642. The number of benzene rings is 2. The monoisotopic (exact) mass is 283 g/mol. The minimum atomic E-state index is -0.845. The molecule has 2 aromatic carbocycles. The van der Waals surface area contributed by atoms with Crippen LogP contribution in [0.3, 0.4) is 0 Å². The fourth-order valence-corrected chi connectivity index (χ4v) is 2.80. The van der Waals surface area contributed by atoms with Crippen molar-refractivity contribution >= 4 is 11.6 Å². The van der Waals surface area contributed by atoms with E-state index in [4.69, 9.17) is 9.47 Å². The third-order valence-corrected chi connectivity index (χ3v) is 4.00. The number of rotatable bonds is 3. The lowest BCUT2D eigenvalue weighted by molar-refractivity contribution is 0.00771. The summed E-state index contributed by atoms with van der Waals surface area (Å²) in [4.78, 5) is 14.5. The lowest BCUT2D eigenvalue weighted by Gasteiger charge is -2.34. The maximum Gasteiger partial charge on any atom is 0.261 e. The summed E-state index contributed by atoms with van der Waals surface area (Å²) in [6.07, 6.45) is 0. The number of ether oxygens (including phenoxy) is 2. The van der Waals surface area contributed by atoms with Crippen LogP contribution < -0.4 is 9.64 Å². The molecule has 0 saturated heterocycles. The van der Waals surface area contributed by atoms with Crippen molar-refractivity contribution in [1.29, 1.82) is 0 Å². The predicted molar refractivity (Wildman–Crippen MR) is 80.6 cm³/mol. The maximum atomic E-state index is 12.8. The van der Waals surface area contributed by atoms with Gasteiger partial charge >= 0.3 is 0 Å². The average molecular weight is 283 g/mol. The summed E-state index contributed by atoms with van der Waals surface area (Å²) in [5.41, 5.74) is 1.42. The molecule has 0 bridgehead atoms. The van der Waals surface area contributed by atoms with Crippen molar-refractivity contribution < 1.29 is 14.3 Å². The average Bonchev–Trinajstić information content (AvgIpc) is 2.76. The number of anilines is 1. The van der Waals surface area contributed by atoms with Gasteiger partial charge in [-0.3, -0.25) is 9.69 Å². The molecule has 1 aliphatic rings. The fraction of sp³-hybridized carbons (Fsp3) is 0.235. The second kappa shape index (κ2) is 4.90. The molecule has 0 saturated carbocycles. The first kappa shape index (κ1) is 13.6. The Morgan fingerprint density at radius 3 is 2.38 bits per heavy atom. The molecule has 108 valence electrons. The van der Waals surface area contributed by atoms with Crippen LogP contribution in [0.15, 0.2) is 48.5 Å². The summed E-state index contributed by atoms with van der Waals surface area (Å²) in [5, 5.41) is 0. The number of para-hydroxylation sites is 1. The topological polar surface area (TPSA) is 38.8 Å². The molecule has 1 aliphatic heterocycles. The molecule has 1 atom stereocenters. The van der Waals surface area contributed by atoms with Gasteiger partial charge < -0.3 is 9.47 Å². The molecule has 0 fully saturated rings. The van der Waals surface area contributed by atoms with E-state index in [1.165, 1.54) is 0 Å². The van der Waals surface area contributed by atoms with E-state index in [1.54, 1.807) is 31.3 Å². The Morgan fingerprint density at radius 2 is 1.76 bits per heavy atom. The normalized spacial score (nSPS) is 20.5. The van der Waals surface area contributed by atoms with Gasteiger partial charge in [-0.2, -0.15) is 0 Å². The van der Waals surface area contributed by atoms with E-state index < -0.39 is 5.72 Å². The van der Waals surface area contributed by atoms with E-state index in [1.807, 2.05) is 43.3 Å². The highest BCUT2D eigenvalue weighted by Crippen LogP contribution is 2.43. The van der Waals surface area contributed by atoms with Gasteiger partial charge in [-0.15, -0.1) is 0 Å². The molecule has 2 aromatic rings. The molecule has 0 aliphatic carbocycles. The highest BCUT2D eigenvalue weighted by molar-refractivity contribution is 6.11. The molecule has 1 heterocycles. The quantitative estimate of drug-likeness (QED) is 0.868. The third-order valence-electron chi connectivity index (χ3n) is 4.00. The summed E-state index contributed by atoms with van der Waals surface area (Å²) in [6, 6.07) is 15.0. The summed E-state index contributed by atoms with van der Waals surface area (Å²) in [7, 11) is 3.22. The second-order valence-corrected chi connectivity index (χ2v) is 5.07. The minimum Gasteiger partial charge on any atom is -0.497 e. The Morgan fingerprint density at radius 1 is 1.05 bits per heavy atom. The molecular formula is C17H17NO3. The molecule has 0 N–H and O–H groups in total. The standard InChI is InChI=1S/C17H17NO3/c1-17(21-3)15-11-13(20-2)9-10-14(15)16(19)18(17)12-7-5-4-6-8-12/h4-11H,1-3H3. The van der Waals surface area contributed by atoms with Crippen LogP contribution in [0.4, 0.5) is 5.69 Å². The number of hydrogen-bond donors (Lipinski definition) is 0. The van der Waals surface area contributed by atoms with Crippen LogP contribution in [-0.4, -0.2) is 20.1 Å². The van der Waals surface area contributed by atoms with Gasteiger partial charge in [-0.05, 0) is 37.3 Å². The zero-order valence-electron chi connectivity index (χ0n) is 12.3. The molecule has 4 nitrogen and oxygen atoms in total. The molecule has 0 radical (unpaired) electrons. The Bertz CT molecular complexity index is 684. The zero-order valence-corrected chi connectivity index (χ0v) is 12.3. The fourth-order valence-electron chi connectivity index (χ4n) is 2.80. The lowest BCUT2D eigenvalue weighted by Crippen LogP contribution is -2.43. The molecule has 0 aromatic heterocycles. The summed E-state index contributed by atoms with van der Waals surface area (Å²) >= 11 is 0. The zero-order chi connectivity index (χ0) is 15.0. The Balaban J connectivity index is 2.19. The van der Waals surface area contributed by atoms with E-state index >= 15 is 0 Å². The largest absolute Gasteiger partial charge is 0.497 e. The number of amides is 1. The molecule has 0 spiro atoms. The van der Waals surface area contributed by atoms with Crippen LogP contribution >= 0.6 is 0 Å². The number of methoxy groups -OCH3 is 2. The molecule has 3 rings (SSSR count). The summed E-state index contributed by atoms with van der Waals surface area (Å²) < 4.78 is 11.0. The van der Waals surface area contributed by atoms with Crippen LogP contribution in [0.5, 0.6) is 5.75 Å². The highest BCUT2D eigenvalue weighted by Gasteiger charge is 2.47. The van der Waals surface area contributed by atoms with Crippen molar-refractivity contribution in [2.45, 2.75) is 12.6 Å². The van der Waals surface area contributed by atoms with Gasteiger partial charge in [0.25, 0.3) is 5.91 Å². The number of carbonyl (C=O) groups excluding carboxylic acids is 1. The first-order valence-electron chi connectivity index (χ1n) is 6.75. The highest BCUT2D eigenvalue weighted by atomic mass is 16.5. The third kappa shape index (κ3) is 1.91. The van der Waals surface area contributed by atoms with Crippen molar-refractivity contribution in [2.75, 3.05) is 19.1 Å². The van der Waals surface area contributed by atoms with Crippen molar-refractivity contribution in [1.82, 2.24) is 0 Å². The van der Waals surface area contributed by atoms with Crippen LogP contribution in [0.1, 0.15) is 22.8 Å². The predicted octanol–water partition coefficient (Wildman–Crippen LogP) is 3.17. The number of hydrogen-bond acceptors (Lipinski definition) is 3. The summed E-state index contributed by atoms with van der Waals surface area (Å²) in [6.45, 7) is 1.89. The van der Waals surface area contributed by atoms with Crippen LogP contribution in [0.25, 0.3) is 0 Å². The molecule has 21 heavy (non-hydrogen) atoms. The Kier molecular flexibility index (Phi) is 3.18. The SMILES string of the molecule is COc1ccc2c(c1)C(C)(OC)N(c1ccccc1)C2=O. The van der Waals surface area contributed by atoms with Crippen molar-refractivity contribution in [3.63, 3.8) is 0 Å². The molecule has 1 unspecified atom stereocenters. The van der Waals surface area contributed by atoms with E-state index in [2.05, 4.69) is 0 Å². The lowest BCUT2D eigenvalue weighted by atomic mass is 10.0.